The van der Waals surface area contributed by atoms with Crippen molar-refractivity contribution in [2.45, 2.75) is 72.3 Å². The summed E-state index contributed by atoms with van der Waals surface area (Å²) < 4.78 is 0. The topological polar surface area (TPSA) is 58.2 Å². The summed E-state index contributed by atoms with van der Waals surface area (Å²) in [5, 5.41) is 5.97. The molecule has 0 saturated heterocycles. The van der Waals surface area contributed by atoms with E-state index in [-0.39, 0.29) is 11.8 Å². The third-order valence-electron chi connectivity index (χ3n) is 6.22. The van der Waals surface area contributed by atoms with Gasteiger partial charge in [0.1, 0.15) is 6.04 Å². The van der Waals surface area contributed by atoms with E-state index in [1.807, 2.05) is 20.8 Å². The fourth-order valence-corrected chi connectivity index (χ4v) is 5.41. The lowest BCUT2D eigenvalue weighted by molar-refractivity contribution is -0.133. The van der Waals surface area contributed by atoms with Gasteiger partial charge >= 0.3 is 0 Å². The lowest BCUT2D eigenvalue weighted by Crippen LogP contribution is -2.54. The molecule has 23 heavy (non-hydrogen) atoms. The molecule has 0 aromatic heterocycles. The zero-order chi connectivity index (χ0) is 16.8. The number of amides is 2. The highest BCUT2D eigenvalue weighted by Crippen LogP contribution is 2.59. The van der Waals surface area contributed by atoms with Gasteiger partial charge in [-0.3, -0.25) is 9.59 Å². The molecule has 4 fully saturated rings. The fourth-order valence-electron chi connectivity index (χ4n) is 5.41. The summed E-state index contributed by atoms with van der Waals surface area (Å²) in [6, 6.07) is -0.462. The van der Waals surface area contributed by atoms with Gasteiger partial charge in [-0.1, -0.05) is 20.8 Å². The number of hydrogen-bond donors (Lipinski definition) is 2. The van der Waals surface area contributed by atoms with E-state index in [4.69, 9.17) is 0 Å². The zero-order valence-electron chi connectivity index (χ0n) is 15.1. The second-order valence-corrected chi connectivity index (χ2v) is 9.58. The van der Waals surface area contributed by atoms with E-state index in [1.165, 1.54) is 38.5 Å². The van der Waals surface area contributed by atoms with E-state index in [9.17, 15) is 9.59 Å². The van der Waals surface area contributed by atoms with Crippen molar-refractivity contribution in [2.75, 3.05) is 6.54 Å². The molecular formula is C19H32N2O2. The molecule has 4 aliphatic carbocycles. The number of hydrogen-bond acceptors (Lipinski definition) is 2. The molecule has 0 heterocycles. The molecule has 1 unspecified atom stereocenters. The van der Waals surface area contributed by atoms with Crippen molar-refractivity contribution >= 4 is 11.8 Å². The normalized spacial score (nSPS) is 36.6. The molecule has 4 rings (SSSR count). The molecule has 4 bridgehead atoms. The maximum atomic E-state index is 12.4. The minimum absolute atomic E-state index is 0.0432. The smallest absolute Gasteiger partial charge is 0.242 e. The van der Waals surface area contributed by atoms with Crippen LogP contribution in [0.2, 0.25) is 0 Å². The molecule has 4 heteroatoms. The summed E-state index contributed by atoms with van der Waals surface area (Å²) in [7, 11) is 0. The van der Waals surface area contributed by atoms with Gasteiger partial charge in [0, 0.05) is 12.0 Å². The van der Waals surface area contributed by atoms with Gasteiger partial charge in [-0.2, -0.15) is 0 Å². The van der Waals surface area contributed by atoms with Crippen molar-refractivity contribution in [3.8, 4) is 0 Å². The quantitative estimate of drug-likeness (QED) is 0.837. The Morgan fingerprint density at radius 1 is 1.04 bits per heavy atom. The molecule has 1 atom stereocenters. The van der Waals surface area contributed by atoms with Crippen molar-refractivity contribution in [3.05, 3.63) is 0 Å². The van der Waals surface area contributed by atoms with Crippen molar-refractivity contribution in [1.82, 2.24) is 10.6 Å². The minimum atomic E-state index is -0.464. The first-order chi connectivity index (χ1) is 10.7. The molecule has 4 nitrogen and oxygen atoms in total. The van der Waals surface area contributed by atoms with Crippen molar-refractivity contribution in [2.24, 2.45) is 28.6 Å². The van der Waals surface area contributed by atoms with E-state index in [1.54, 1.807) is 6.92 Å². The molecule has 0 aromatic rings. The predicted molar refractivity (Wildman–Crippen MR) is 90.7 cm³/mol. The highest BCUT2D eigenvalue weighted by Gasteiger charge is 2.50. The Balaban J connectivity index is 1.52. The largest absolute Gasteiger partial charge is 0.354 e. The van der Waals surface area contributed by atoms with Crippen LogP contribution < -0.4 is 10.6 Å². The Morgan fingerprint density at radius 2 is 1.52 bits per heavy atom. The van der Waals surface area contributed by atoms with Crippen LogP contribution in [0.25, 0.3) is 0 Å². The minimum Gasteiger partial charge on any atom is -0.354 e. The molecule has 2 amide bonds. The van der Waals surface area contributed by atoms with E-state index >= 15 is 0 Å². The summed E-state index contributed by atoms with van der Waals surface area (Å²) in [6.45, 7) is 8.16. The summed E-state index contributed by atoms with van der Waals surface area (Å²) in [6.07, 6.45) is 8.15. The SMILES string of the molecule is CC(NC(=O)C(C)(C)C)C(=O)NCC12CC3CC(CC(C3)C1)C2. The standard InChI is InChI=1S/C19H32N2O2/c1-12(21-17(23)18(2,3)4)16(22)20-11-19-8-13-5-14(9-19)7-15(6-13)10-19/h12-15H,5-11H2,1-4H3,(H,20,22)(H,21,23). The highest BCUT2D eigenvalue weighted by molar-refractivity contribution is 5.89. The third kappa shape index (κ3) is 3.56. The Bertz CT molecular complexity index is 457. The van der Waals surface area contributed by atoms with Crippen LogP contribution in [0.4, 0.5) is 0 Å². The summed E-state index contributed by atoms with van der Waals surface area (Å²) in [4.78, 5) is 24.4. The van der Waals surface area contributed by atoms with Crippen molar-refractivity contribution in [3.63, 3.8) is 0 Å². The van der Waals surface area contributed by atoms with Gasteiger partial charge in [0.25, 0.3) is 0 Å². The Labute approximate surface area is 140 Å². The van der Waals surface area contributed by atoms with Crippen molar-refractivity contribution < 1.29 is 9.59 Å². The van der Waals surface area contributed by atoms with Crippen LogP contribution >= 0.6 is 0 Å². The molecule has 0 radical (unpaired) electrons. The van der Waals surface area contributed by atoms with Crippen LogP contribution in [0.5, 0.6) is 0 Å². The Kier molecular flexibility index (Phi) is 4.22. The van der Waals surface area contributed by atoms with Crippen LogP contribution in [-0.2, 0) is 9.59 Å². The summed E-state index contributed by atoms with van der Waals surface area (Å²) in [5.41, 5.74) is -0.118. The molecular weight excluding hydrogens is 288 g/mol. The number of carbonyl (C=O) groups is 2. The average Bonchev–Trinajstić information content (AvgIpc) is 2.42. The monoisotopic (exact) mass is 320 g/mol. The maximum absolute atomic E-state index is 12.4. The van der Waals surface area contributed by atoms with E-state index in [2.05, 4.69) is 10.6 Å². The van der Waals surface area contributed by atoms with Gasteiger partial charge in [-0.25, -0.2) is 0 Å². The van der Waals surface area contributed by atoms with Gasteiger partial charge in [0.15, 0.2) is 0 Å². The highest BCUT2D eigenvalue weighted by atomic mass is 16.2. The Hall–Kier alpha value is -1.06. The first kappa shape index (κ1) is 16.8. The summed E-state index contributed by atoms with van der Waals surface area (Å²) in [5.74, 6) is 2.58. The van der Waals surface area contributed by atoms with Gasteiger partial charge in [-0.05, 0) is 68.6 Å². The number of carbonyl (C=O) groups excluding carboxylic acids is 2. The molecule has 0 aromatic carbocycles. The second kappa shape index (κ2) is 5.78. The average molecular weight is 320 g/mol. The zero-order valence-corrected chi connectivity index (χ0v) is 15.1. The van der Waals surface area contributed by atoms with Gasteiger partial charge in [0.2, 0.25) is 11.8 Å². The summed E-state index contributed by atoms with van der Waals surface area (Å²) >= 11 is 0. The maximum Gasteiger partial charge on any atom is 0.242 e. The van der Waals surface area contributed by atoms with Gasteiger partial charge in [0.05, 0.1) is 0 Å². The lowest BCUT2D eigenvalue weighted by Gasteiger charge is -2.57. The Morgan fingerprint density at radius 3 is 1.96 bits per heavy atom. The number of rotatable bonds is 4. The number of nitrogens with one attached hydrogen (secondary N) is 2. The molecule has 4 aliphatic rings. The van der Waals surface area contributed by atoms with E-state index < -0.39 is 11.5 Å². The first-order valence-corrected chi connectivity index (χ1v) is 9.25. The fraction of sp³-hybridized carbons (Fsp3) is 0.895. The van der Waals surface area contributed by atoms with Gasteiger partial charge in [-0.15, -0.1) is 0 Å². The second-order valence-electron chi connectivity index (χ2n) is 9.58. The first-order valence-electron chi connectivity index (χ1n) is 9.25. The molecule has 4 saturated carbocycles. The van der Waals surface area contributed by atoms with E-state index in [0.29, 0.717) is 5.41 Å². The van der Waals surface area contributed by atoms with Crippen LogP contribution in [0, 0.1) is 28.6 Å². The van der Waals surface area contributed by atoms with Gasteiger partial charge < -0.3 is 10.6 Å². The third-order valence-corrected chi connectivity index (χ3v) is 6.22. The molecule has 2 N–H and O–H groups in total. The van der Waals surface area contributed by atoms with Crippen LogP contribution in [-0.4, -0.2) is 24.4 Å². The predicted octanol–water partition coefficient (Wildman–Crippen LogP) is 2.87. The molecule has 0 aliphatic heterocycles. The molecule has 0 spiro atoms. The van der Waals surface area contributed by atoms with Crippen LogP contribution in [0.3, 0.4) is 0 Å². The van der Waals surface area contributed by atoms with E-state index in [0.717, 1.165) is 24.3 Å². The van der Waals surface area contributed by atoms with Crippen molar-refractivity contribution in [1.29, 1.82) is 0 Å². The van der Waals surface area contributed by atoms with Crippen LogP contribution in [0.1, 0.15) is 66.2 Å². The molecule has 130 valence electrons. The lowest BCUT2D eigenvalue weighted by atomic mass is 9.49. The van der Waals surface area contributed by atoms with Crippen LogP contribution in [0.15, 0.2) is 0 Å².